The molecule has 6 nitrogen and oxygen atoms in total. The van der Waals surface area contributed by atoms with Gasteiger partial charge in [0.15, 0.2) is 0 Å². The molecule has 1 rings (SSSR count). The van der Waals surface area contributed by atoms with Crippen LogP contribution in [0.1, 0.15) is 26.2 Å². The first-order valence-corrected chi connectivity index (χ1v) is 6.04. The van der Waals surface area contributed by atoms with Gasteiger partial charge in [-0.2, -0.15) is 5.10 Å². The number of aryl methyl sites for hydroxylation is 1. The van der Waals surface area contributed by atoms with Gasteiger partial charge in [-0.3, -0.25) is 14.3 Å². The molecule has 1 heterocycles. The Morgan fingerprint density at radius 3 is 2.83 bits per heavy atom. The van der Waals surface area contributed by atoms with Crippen LogP contribution in [0.15, 0.2) is 18.5 Å². The maximum Gasteiger partial charge on any atom is 0.303 e. The molecule has 1 atom stereocenters. The smallest absolute Gasteiger partial charge is 0.303 e. The Morgan fingerprint density at radius 2 is 2.22 bits per heavy atom. The first-order valence-electron chi connectivity index (χ1n) is 6.04. The van der Waals surface area contributed by atoms with Gasteiger partial charge in [-0.1, -0.05) is 6.92 Å². The summed E-state index contributed by atoms with van der Waals surface area (Å²) in [5.41, 5.74) is 0. The zero-order valence-electron chi connectivity index (χ0n) is 10.5. The number of aromatic nitrogens is 2. The molecule has 0 spiro atoms. The number of hydrogen-bond acceptors (Lipinski definition) is 3. The number of nitrogens with one attached hydrogen (secondary N) is 1. The lowest BCUT2D eigenvalue weighted by Crippen LogP contribution is -2.27. The average Bonchev–Trinajstić information content (AvgIpc) is 2.75. The molecule has 0 saturated carbocycles. The second-order valence-corrected chi connectivity index (χ2v) is 4.38. The van der Waals surface area contributed by atoms with Crippen molar-refractivity contribution in [3.05, 3.63) is 18.5 Å². The van der Waals surface area contributed by atoms with Crippen LogP contribution in [0.5, 0.6) is 0 Å². The number of carbonyl (C=O) groups is 2. The van der Waals surface area contributed by atoms with Crippen molar-refractivity contribution in [2.24, 2.45) is 5.92 Å². The molecule has 0 bridgehead atoms. The Bertz CT molecular complexity index is 376. The summed E-state index contributed by atoms with van der Waals surface area (Å²) in [5.74, 6) is -1.09. The van der Waals surface area contributed by atoms with Crippen molar-refractivity contribution in [3.8, 4) is 0 Å². The molecule has 0 aromatic carbocycles. The minimum Gasteiger partial charge on any atom is -0.481 e. The first kappa shape index (κ1) is 14.2. The van der Waals surface area contributed by atoms with E-state index in [2.05, 4.69) is 10.4 Å². The molecule has 1 unspecified atom stereocenters. The summed E-state index contributed by atoms with van der Waals surface area (Å²) in [4.78, 5) is 21.9. The van der Waals surface area contributed by atoms with E-state index in [1.807, 2.05) is 12.3 Å². The van der Waals surface area contributed by atoms with Crippen LogP contribution >= 0.6 is 0 Å². The minimum atomic E-state index is -0.867. The number of aliphatic carboxylic acids is 1. The van der Waals surface area contributed by atoms with E-state index in [4.69, 9.17) is 5.11 Å². The summed E-state index contributed by atoms with van der Waals surface area (Å²) in [6.07, 6.45) is 4.68. The molecule has 1 amide bonds. The number of nitrogens with zero attached hydrogens (tertiary/aromatic N) is 2. The van der Waals surface area contributed by atoms with E-state index in [9.17, 15) is 9.59 Å². The molecule has 2 N–H and O–H groups in total. The summed E-state index contributed by atoms with van der Waals surface area (Å²) in [6.45, 7) is 3.11. The van der Waals surface area contributed by atoms with Crippen LogP contribution in [0.2, 0.25) is 0 Å². The van der Waals surface area contributed by atoms with Crippen molar-refractivity contribution < 1.29 is 14.7 Å². The third-order valence-corrected chi connectivity index (χ3v) is 2.50. The Hall–Kier alpha value is -1.85. The van der Waals surface area contributed by atoms with E-state index < -0.39 is 5.97 Å². The molecule has 0 fully saturated rings. The summed E-state index contributed by atoms with van der Waals surface area (Å²) in [7, 11) is 0. The van der Waals surface area contributed by atoms with Gasteiger partial charge in [-0.25, -0.2) is 0 Å². The fraction of sp³-hybridized carbons (Fsp3) is 0.583. The van der Waals surface area contributed by atoms with Crippen molar-refractivity contribution in [2.45, 2.75) is 32.7 Å². The van der Waals surface area contributed by atoms with Crippen molar-refractivity contribution in [3.63, 3.8) is 0 Å². The SMILES string of the molecule is CC(CC(=O)O)CC(=O)NCCCn1cccn1. The van der Waals surface area contributed by atoms with Crippen LogP contribution in [0.4, 0.5) is 0 Å². The highest BCUT2D eigenvalue weighted by Crippen LogP contribution is 2.06. The third-order valence-electron chi connectivity index (χ3n) is 2.50. The van der Waals surface area contributed by atoms with Crippen molar-refractivity contribution in [1.29, 1.82) is 0 Å². The average molecular weight is 253 g/mol. The highest BCUT2D eigenvalue weighted by Gasteiger charge is 2.11. The summed E-state index contributed by atoms with van der Waals surface area (Å²) in [6, 6.07) is 1.85. The van der Waals surface area contributed by atoms with Crippen molar-refractivity contribution in [1.82, 2.24) is 15.1 Å². The van der Waals surface area contributed by atoms with Gasteiger partial charge in [0.1, 0.15) is 0 Å². The summed E-state index contributed by atoms with van der Waals surface area (Å²) >= 11 is 0. The molecule has 0 saturated heterocycles. The Morgan fingerprint density at radius 1 is 1.44 bits per heavy atom. The topological polar surface area (TPSA) is 84.2 Å². The van der Waals surface area contributed by atoms with Crippen LogP contribution in [0, 0.1) is 5.92 Å². The highest BCUT2D eigenvalue weighted by atomic mass is 16.4. The van der Waals surface area contributed by atoms with E-state index in [1.54, 1.807) is 17.8 Å². The van der Waals surface area contributed by atoms with Crippen LogP contribution in [-0.2, 0) is 16.1 Å². The summed E-state index contributed by atoms with van der Waals surface area (Å²) in [5, 5.41) is 15.4. The predicted molar refractivity (Wildman–Crippen MR) is 65.9 cm³/mol. The first-order chi connectivity index (χ1) is 8.58. The van der Waals surface area contributed by atoms with Crippen molar-refractivity contribution in [2.75, 3.05) is 6.54 Å². The van der Waals surface area contributed by atoms with E-state index in [-0.39, 0.29) is 24.7 Å². The number of hydrogen-bond donors (Lipinski definition) is 2. The Kier molecular flexibility index (Phi) is 5.90. The molecule has 0 aliphatic rings. The lowest BCUT2D eigenvalue weighted by atomic mass is 10.0. The van der Waals surface area contributed by atoms with E-state index in [0.717, 1.165) is 13.0 Å². The second-order valence-electron chi connectivity index (χ2n) is 4.38. The fourth-order valence-corrected chi connectivity index (χ4v) is 1.66. The Labute approximate surface area is 106 Å². The van der Waals surface area contributed by atoms with Gasteiger partial charge in [0.2, 0.25) is 5.91 Å². The van der Waals surface area contributed by atoms with Gasteiger partial charge in [0.05, 0.1) is 0 Å². The van der Waals surface area contributed by atoms with Gasteiger partial charge in [0.25, 0.3) is 0 Å². The molecule has 18 heavy (non-hydrogen) atoms. The van der Waals surface area contributed by atoms with Gasteiger partial charge >= 0.3 is 5.97 Å². The molecular weight excluding hydrogens is 234 g/mol. The number of amides is 1. The maximum atomic E-state index is 11.5. The lowest BCUT2D eigenvalue weighted by Gasteiger charge is -2.09. The largest absolute Gasteiger partial charge is 0.481 e. The molecule has 100 valence electrons. The third kappa shape index (κ3) is 6.03. The van der Waals surface area contributed by atoms with Gasteiger partial charge in [0, 0.05) is 38.3 Å². The summed E-state index contributed by atoms with van der Waals surface area (Å²) < 4.78 is 1.80. The van der Waals surface area contributed by atoms with Crippen LogP contribution in [0.3, 0.4) is 0 Å². The lowest BCUT2D eigenvalue weighted by molar-refractivity contribution is -0.138. The fourth-order valence-electron chi connectivity index (χ4n) is 1.66. The molecule has 0 aliphatic carbocycles. The van der Waals surface area contributed by atoms with Gasteiger partial charge < -0.3 is 10.4 Å². The van der Waals surface area contributed by atoms with E-state index in [1.165, 1.54) is 0 Å². The normalized spacial score (nSPS) is 12.1. The quantitative estimate of drug-likeness (QED) is 0.674. The molecule has 0 radical (unpaired) electrons. The number of carboxylic acids is 1. The maximum absolute atomic E-state index is 11.5. The van der Waals surface area contributed by atoms with Crippen LogP contribution < -0.4 is 5.32 Å². The standard InChI is InChI=1S/C12H19N3O3/c1-10(9-12(17)18)8-11(16)13-4-2-6-15-7-3-5-14-15/h3,5,7,10H,2,4,6,8-9H2,1H3,(H,13,16)(H,17,18). The molecular formula is C12H19N3O3. The van der Waals surface area contributed by atoms with E-state index in [0.29, 0.717) is 6.54 Å². The number of carbonyl (C=O) groups excluding carboxylic acids is 1. The van der Waals surface area contributed by atoms with Crippen molar-refractivity contribution >= 4 is 11.9 Å². The van der Waals surface area contributed by atoms with Crippen LogP contribution in [0.25, 0.3) is 0 Å². The number of rotatable bonds is 8. The molecule has 6 heteroatoms. The van der Waals surface area contributed by atoms with E-state index >= 15 is 0 Å². The second kappa shape index (κ2) is 7.47. The predicted octanol–water partition coefficient (Wildman–Crippen LogP) is 0.890. The molecule has 0 aliphatic heterocycles. The molecule has 1 aromatic heterocycles. The van der Waals surface area contributed by atoms with Gasteiger partial charge in [-0.05, 0) is 18.4 Å². The van der Waals surface area contributed by atoms with Gasteiger partial charge in [-0.15, -0.1) is 0 Å². The highest BCUT2D eigenvalue weighted by molar-refractivity contribution is 5.77. The molecule has 1 aromatic rings. The Balaban J connectivity index is 2.08. The van der Waals surface area contributed by atoms with Crippen LogP contribution in [-0.4, -0.2) is 33.3 Å². The minimum absolute atomic E-state index is 0.0285. The zero-order valence-corrected chi connectivity index (χ0v) is 10.5. The zero-order chi connectivity index (χ0) is 13.4. The number of carboxylic acid groups (broad SMARTS) is 1. The monoisotopic (exact) mass is 253 g/mol.